The van der Waals surface area contributed by atoms with E-state index in [0.29, 0.717) is 5.46 Å². The minimum Gasteiger partial charge on any atom is -0.264 e. The van der Waals surface area contributed by atoms with Crippen LogP contribution in [0.5, 0.6) is 0 Å². The van der Waals surface area contributed by atoms with Crippen LogP contribution in [0.15, 0.2) is 24.3 Å². The molecule has 0 aromatic heterocycles. The maximum absolute atomic E-state index is 8.51. The first-order chi connectivity index (χ1) is 4.72. The Bertz CT molecular complexity index is 227. The smallest absolute Gasteiger partial charge is 0.116 e. The highest BCUT2D eigenvalue weighted by atomic mass is 16.8. The molecule has 0 unspecified atom stereocenters. The normalized spacial score (nSPS) is 9.40. The van der Waals surface area contributed by atoms with Crippen molar-refractivity contribution in [1.29, 1.82) is 0 Å². The maximum Gasteiger partial charge on any atom is 0.116 e. The Labute approximate surface area is 59.8 Å². The lowest BCUT2D eigenvalue weighted by Crippen LogP contribution is -2.19. The first kappa shape index (κ1) is 7.12. The quantitative estimate of drug-likeness (QED) is 0.422. The van der Waals surface area contributed by atoms with E-state index in [1.807, 2.05) is 0 Å². The van der Waals surface area contributed by atoms with Gasteiger partial charge in [-0.15, -0.1) is 5.23 Å². The molecule has 50 valence electrons. The summed E-state index contributed by atoms with van der Waals surface area (Å²) in [4.78, 5) is 0. The first-order valence-electron chi connectivity index (χ1n) is 2.74. The van der Waals surface area contributed by atoms with Gasteiger partial charge in [0.15, 0.2) is 0 Å². The Morgan fingerprint density at radius 2 is 1.80 bits per heavy atom. The molecule has 1 rings (SSSR count). The van der Waals surface area contributed by atoms with Gasteiger partial charge in [-0.3, -0.25) is 10.4 Å². The highest BCUT2D eigenvalue weighted by molar-refractivity contribution is 6.35. The molecule has 0 aliphatic rings. The predicted molar refractivity (Wildman–Crippen MR) is 37.9 cm³/mol. The molecule has 3 nitrogen and oxygen atoms in total. The van der Waals surface area contributed by atoms with E-state index in [9.17, 15) is 0 Å². The van der Waals surface area contributed by atoms with Crippen LogP contribution in [0.3, 0.4) is 0 Å². The molecule has 0 bridgehead atoms. The van der Waals surface area contributed by atoms with Crippen molar-refractivity contribution in [3.05, 3.63) is 24.3 Å². The minimum absolute atomic E-state index is 0.00463. The maximum atomic E-state index is 8.51. The summed E-state index contributed by atoms with van der Waals surface area (Å²) in [5.74, 6) is 0. The summed E-state index contributed by atoms with van der Waals surface area (Å²) in [5.41, 5.74) is 0.509. The third-order valence-electron chi connectivity index (χ3n) is 1.15. The highest BCUT2D eigenvalue weighted by Crippen LogP contribution is 2.03. The second kappa shape index (κ2) is 2.73. The number of nitrogens with zero attached hydrogens (tertiary/aromatic N) is 1. The van der Waals surface area contributed by atoms with E-state index in [1.54, 1.807) is 18.2 Å². The fourth-order valence-corrected chi connectivity index (χ4v) is 0.670. The summed E-state index contributed by atoms with van der Waals surface area (Å²) < 4.78 is 0. The predicted octanol–water partition coefficient (Wildman–Crippen LogP) is 0.0652. The third-order valence-corrected chi connectivity index (χ3v) is 1.15. The molecule has 0 aliphatic heterocycles. The lowest BCUT2D eigenvalue weighted by atomic mass is 9.94. The van der Waals surface area contributed by atoms with Crippen molar-refractivity contribution in [3.8, 4) is 0 Å². The van der Waals surface area contributed by atoms with E-state index in [0.717, 1.165) is 0 Å². The molecule has 1 aromatic rings. The van der Waals surface area contributed by atoms with Gasteiger partial charge in [-0.2, -0.15) is 0 Å². The second-order valence-corrected chi connectivity index (χ2v) is 1.85. The summed E-state index contributed by atoms with van der Waals surface area (Å²) in [6.45, 7) is 0. The van der Waals surface area contributed by atoms with Gasteiger partial charge in [0.2, 0.25) is 0 Å². The molecule has 0 saturated carbocycles. The Hall–Kier alpha value is -0.995. The van der Waals surface area contributed by atoms with Crippen LogP contribution in [-0.4, -0.2) is 18.3 Å². The average molecular weight is 135 g/mol. The van der Waals surface area contributed by atoms with Crippen molar-refractivity contribution in [2.24, 2.45) is 0 Å². The zero-order chi connectivity index (χ0) is 7.56. The summed E-state index contributed by atoms with van der Waals surface area (Å²) in [5, 5.41) is 17.0. The summed E-state index contributed by atoms with van der Waals surface area (Å²) in [6.07, 6.45) is 0. The van der Waals surface area contributed by atoms with Crippen molar-refractivity contribution in [1.82, 2.24) is 0 Å². The Balaban J connectivity index is 3.03. The Kier molecular flexibility index (Phi) is 1.94. The number of hydrogen-bond donors (Lipinski definition) is 2. The molecule has 0 heterocycles. The molecule has 4 heteroatoms. The van der Waals surface area contributed by atoms with E-state index in [2.05, 4.69) is 0 Å². The van der Waals surface area contributed by atoms with Gasteiger partial charge in [0.25, 0.3) is 0 Å². The van der Waals surface area contributed by atoms with Gasteiger partial charge in [-0.25, -0.2) is 0 Å². The molecule has 2 N–H and O–H groups in total. The Morgan fingerprint density at radius 3 is 2.20 bits per heavy atom. The molecule has 0 saturated heterocycles. The molecule has 0 amide bonds. The molecule has 10 heavy (non-hydrogen) atoms. The zero-order valence-electron chi connectivity index (χ0n) is 5.23. The number of anilines is 1. The monoisotopic (exact) mass is 135 g/mol. The number of benzene rings is 1. The molecule has 0 aliphatic carbocycles. The standard InChI is InChI=1S/C6H6BNO2/c7-5-3-1-2-4-6(5)8(9)10/h1-4,9-10H. The number of hydrogen-bond acceptors (Lipinski definition) is 3. The molecular weight excluding hydrogens is 129 g/mol. The van der Waals surface area contributed by atoms with Gasteiger partial charge in [-0.05, 0) is 6.07 Å². The fraction of sp³-hybridized carbons (Fsp3) is 0. The molecule has 2 radical (unpaired) electrons. The van der Waals surface area contributed by atoms with Gasteiger partial charge >= 0.3 is 0 Å². The molecule has 0 fully saturated rings. The molecule has 1 aromatic carbocycles. The SMILES string of the molecule is [B]c1ccccc1N(O)O. The van der Waals surface area contributed by atoms with Crippen molar-refractivity contribution in [2.45, 2.75) is 0 Å². The van der Waals surface area contributed by atoms with E-state index >= 15 is 0 Å². The minimum atomic E-state index is -0.00463. The lowest BCUT2D eigenvalue weighted by Gasteiger charge is -2.09. The van der Waals surface area contributed by atoms with Crippen LogP contribution in [0.1, 0.15) is 0 Å². The number of para-hydroxylation sites is 1. The second-order valence-electron chi connectivity index (χ2n) is 1.85. The highest BCUT2D eigenvalue weighted by Gasteiger charge is 1.99. The van der Waals surface area contributed by atoms with Crippen molar-refractivity contribution >= 4 is 19.0 Å². The zero-order valence-corrected chi connectivity index (χ0v) is 5.23. The molecule has 0 spiro atoms. The van der Waals surface area contributed by atoms with Gasteiger partial charge in [0, 0.05) is 0 Å². The summed E-state index contributed by atoms with van der Waals surface area (Å²) >= 11 is 0. The summed E-state index contributed by atoms with van der Waals surface area (Å²) in [6, 6.07) is 6.44. The van der Waals surface area contributed by atoms with E-state index < -0.39 is 0 Å². The van der Waals surface area contributed by atoms with E-state index in [-0.39, 0.29) is 10.9 Å². The van der Waals surface area contributed by atoms with Crippen LogP contribution >= 0.6 is 0 Å². The topological polar surface area (TPSA) is 43.7 Å². The van der Waals surface area contributed by atoms with Crippen LogP contribution < -0.4 is 10.7 Å². The number of rotatable bonds is 1. The lowest BCUT2D eigenvalue weighted by molar-refractivity contribution is 0.0297. The van der Waals surface area contributed by atoms with E-state index in [4.69, 9.17) is 18.3 Å². The van der Waals surface area contributed by atoms with Gasteiger partial charge in [0.05, 0.1) is 5.69 Å². The van der Waals surface area contributed by atoms with Gasteiger partial charge in [-0.1, -0.05) is 23.7 Å². The molecular formula is C6H6BNO2. The van der Waals surface area contributed by atoms with Crippen LogP contribution in [0.25, 0.3) is 0 Å². The van der Waals surface area contributed by atoms with E-state index in [1.165, 1.54) is 6.07 Å². The average Bonchev–Trinajstić information content (AvgIpc) is 1.88. The van der Waals surface area contributed by atoms with Crippen molar-refractivity contribution in [3.63, 3.8) is 0 Å². The Morgan fingerprint density at radius 1 is 1.20 bits per heavy atom. The largest absolute Gasteiger partial charge is 0.264 e. The van der Waals surface area contributed by atoms with Gasteiger partial charge in [0.1, 0.15) is 7.85 Å². The van der Waals surface area contributed by atoms with Crippen LogP contribution in [-0.2, 0) is 0 Å². The van der Waals surface area contributed by atoms with Crippen LogP contribution in [0.2, 0.25) is 0 Å². The fourth-order valence-electron chi connectivity index (χ4n) is 0.670. The first-order valence-corrected chi connectivity index (χ1v) is 2.74. The summed E-state index contributed by atoms with van der Waals surface area (Å²) in [7, 11) is 5.36. The van der Waals surface area contributed by atoms with Crippen molar-refractivity contribution < 1.29 is 10.4 Å². The van der Waals surface area contributed by atoms with Gasteiger partial charge < -0.3 is 0 Å². The van der Waals surface area contributed by atoms with Crippen molar-refractivity contribution in [2.75, 3.05) is 5.23 Å². The third kappa shape index (κ3) is 1.29. The van der Waals surface area contributed by atoms with Crippen LogP contribution in [0.4, 0.5) is 5.69 Å². The molecule has 0 atom stereocenters. The van der Waals surface area contributed by atoms with Crippen LogP contribution in [0, 0.1) is 0 Å².